The molecule has 8 nitrogen and oxygen atoms in total. The summed E-state index contributed by atoms with van der Waals surface area (Å²) in [6.45, 7) is 1.61. The van der Waals surface area contributed by atoms with Crippen LogP contribution in [0, 0.1) is 0 Å². The quantitative estimate of drug-likeness (QED) is 0.698. The van der Waals surface area contributed by atoms with Crippen molar-refractivity contribution < 1.29 is 18.3 Å². The number of carbonyl (C=O) groups is 1. The molecule has 0 bridgehead atoms. The average molecular weight is 262 g/mol. The molecule has 0 saturated heterocycles. The van der Waals surface area contributed by atoms with Crippen molar-refractivity contribution in [1.29, 1.82) is 0 Å². The molecule has 2 N–H and O–H groups in total. The van der Waals surface area contributed by atoms with Gasteiger partial charge < -0.3 is 9.67 Å². The third-order valence-electron chi connectivity index (χ3n) is 2.07. The van der Waals surface area contributed by atoms with Gasteiger partial charge >= 0.3 is 5.97 Å². The third-order valence-corrected chi connectivity index (χ3v) is 3.53. The van der Waals surface area contributed by atoms with Crippen molar-refractivity contribution in [3.63, 3.8) is 0 Å². The predicted octanol–water partition coefficient (Wildman–Crippen LogP) is -0.730. The van der Waals surface area contributed by atoms with Gasteiger partial charge in [-0.1, -0.05) is 0 Å². The molecular weight excluding hydrogens is 248 g/mol. The summed E-state index contributed by atoms with van der Waals surface area (Å²) in [5, 5.41) is 15.8. The number of hydrogen-bond acceptors (Lipinski definition) is 5. The minimum Gasteiger partial charge on any atom is -0.481 e. The van der Waals surface area contributed by atoms with E-state index in [1.54, 1.807) is 18.5 Å². The van der Waals surface area contributed by atoms with Crippen molar-refractivity contribution in [3.05, 3.63) is 12.2 Å². The maximum absolute atomic E-state index is 11.5. The van der Waals surface area contributed by atoms with Crippen molar-refractivity contribution >= 4 is 16.0 Å². The van der Waals surface area contributed by atoms with E-state index >= 15 is 0 Å². The number of aryl methyl sites for hydroxylation is 1. The summed E-state index contributed by atoms with van der Waals surface area (Å²) >= 11 is 0. The fraction of sp³-hybridized carbons (Fsp3) is 0.625. The van der Waals surface area contributed by atoms with E-state index in [0.29, 0.717) is 5.82 Å². The standard InChI is InChI=1S/C8H14N4O4S/c1-6(8-10-9-5-12(8)2)11-17(15,16)4-3-7(13)14/h5-6,11H,3-4H2,1-2H3,(H,13,14). The van der Waals surface area contributed by atoms with Crippen LogP contribution in [-0.2, 0) is 21.9 Å². The Hall–Kier alpha value is -1.48. The Bertz CT molecular complexity index is 495. The maximum Gasteiger partial charge on any atom is 0.304 e. The van der Waals surface area contributed by atoms with Gasteiger partial charge in [0.1, 0.15) is 12.2 Å². The van der Waals surface area contributed by atoms with Crippen molar-refractivity contribution in [2.45, 2.75) is 19.4 Å². The van der Waals surface area contributed by atoms with Gasteiger partial charge in [0, 0.05) is 7.05 Å². The number of aromatic nitrogens is 3. The van der Waals surface area contributed by atoms with Gasteiger partial charge in [0.2, 0.25) is 10.0 Å². The summed E-state index contributed by atoms with van der Waals surface area (Å²) in [6, 6.07) is -0.554. The number of carboxylic acid groups (broad SMARTS) is 1. The van der Waals surface area contributed by atoms with E-state index in [0.717, 1.165) is 0 Å². The first-order valence-corrected chi connectivity index (χ1v) is 6.53. The fourth-order valence-electron chi connectivity index (χ4n) is 1.29. The molecule has 0 aliphatic rings. The lowest BCUT2D eigenvalue weighted by Gasteiger charge is -2.12. The second-order valence-corrected chi connectivity index (χ2v) is 5.48. The van der Waals surface area contributed by atoms with Crippen LogP contribution in [0.3, 0.4) is 0 Å². The van der Waals surface area contributed by atoms with Gasteiger partial charge in [-0.3, -0.25) is 4.79 Å². The number of hydrogen-bond donors (Lipinski definition) is 2. The first kappa shape index (κ1) is 13.6. The van der Waals surface area contributed by atoms with Gasteiger partial charge in [-0.15, -0.1) is 10.2 Å². The molecule has 0 aromatic carbocycles. The summed E-state index contributed by atoms with van der Waals surface area (Å²) in [7, 11) is -1.94. The zero-order valence-electron chi connectivity index (χ0n) is 9.49. The van der Waals surface area contributed by atoms with Gasteiger partial charge in [0.25, 0.3) is 0 Å². The van der Waals surface area contributed by atoms with Crippen LogP contribution in [-0.4, -0.2) is 40.0 Å². The van der Waals surface area contributed by atoms with Crippen molar-refractivity contribution in [2.75, 3.05) is 5.75 Å². The molecule has 0 aliphatic heterocycles. The lowest BCUT2D eigenvalue weighted by Crippen LogP contribution is -2.31. The highest BCUT2D eigenvalue weighted by atomic mass is 32.2. The molecule has 1 aromatic heterocycles. The highest BCUT2D eigenvalue weighted by Gasteiger charge is 2.19. The number of nitrogens with one attached hydrogen (secondary N) is 1. The summed E-state index contributed by atoms with van der Waals surface area (Å²) in [6.07, 6.45) is 1.03. The minimum absolute atomic E-state index is 0.430. The Morgan fingerprint density at radius 3 is 2.76 bits per heavy atom. The highest BCUT2D eigenvalue weighted by Crippen LogP contribution is 2.09. The summed E-state index contributed by atoms with van der Waals surface area (Å²) < 4.78 is 27.0. The predicted molar refractivity (Wildman–Crippen MR) is 58.6 cm³/mol. The number of aliphatic carboxylic acids is 1. The van der Waals surface area contributed by atoms with Gasteiger partial charge in [-0.05, 0) is 6.92 Å². The Balaban J connectivity index is 2.65. The summed E-state index contributed by atoms with van der Waals surface area (Å²) in [5.74, 6) is -1.14. The van der Waals surface area contributed by atoms with Gasteiger partial charge in [0.05, 0.1) is 18.2 Å². The second-order valence-electron chi connectivity index (χ2n) is 3.60. The molecule has 96 valence electrons. The van der Waals surface area contributed by atoms with Gasteiger partial charge in [0.15, 0.2) is 0 Å². The Kier molecular flexibility index (Phi) is 4.18. The minimum atomic E-state index is -3.63. The van der Waals surface area contributed by atoms with Crippen LogP contribution in [0.5, 0.6) is 0 Å². The molecule has 1 atom stereocenters. The van der Waals surface area contributed by atoms with Crippen LogP contribution < -0.4 is 4.72 Å². The van der Waals surface area contributed by atoms with Crippen molar-refractivity contribution in [1.82, 2.24) is 19.5 Å². The SMILES string of the molecule is CC(NS(=O)(=O)CCC(=O)O)c1nncn1C. The highest BCUT2D eigenvalue weighted by molar-refractivity contribution is 7.89. The first-order valence-electron chi connectivity index (χ1n) is 4.87. The molecule has 0 saturated carbocycles. The molecule has 0 radical (unpaired) electrons. The van der Waals surface area contributed by atoms with Crippen LogP contribution in [0.15, 0.2) is 6.33 Å². The normalized spacial score (nSPS) is 13.5. The molecule has 1 rings (SSSR count). The molecule has 0 amide bonds. The first-order chi connectivity index (χ1) is 7.82. The topological polar surface area (TPSA) is 114 Å². The molecule has 17 heavy (non-hydrogen) atoms. The average Bonchev–Trinajstić information content (AvgIpc) is 2.61. The van der Waals surface area contributed by atoms with Crippen molar-refractivity contribution in [2.24, 2.45) is 7.05 Å². The van der Waals surface area contributed by atoms with E-state index in [9.17, 15) is 13.2 Å². The molecule has 1 heterocycles. The number of rotatable bonds is 6. The smallest absolute Gasteiger partial charge is 0.304 e. The number of nitrogens with zero attached hydrogens (tertiary/aromatic N) is 3. The summed E-state index contributed by atoms with van der Waals surface area (Å²) in [4.78, 5) is 10.3. The molecule has 0 aliphatic carbocycles. The summed E-state index contributed by atoms with van der Waals surface area (Å²) in [5.41, 5.74) is 0. The molecule has 0 fully saturated rings. The Morgan fingerprint density at radius 2 is 2.29 bits per heavy atom. The van der Waals surface area contributed by atoms with E-state index in [2.05, 4.69) is 14.9 Å². The van der Waals surface area contributed by atoms with Crippen LogP contribution >= 0.6 is 0 Å². The van der Waals surface area contributed by atoms with Crippen molar-refractivity contribution in [3.8, 4) is 0 Å². The number of carboxylic acids is 1. The largest absolute Gasteiger partial charge is 0.481 e. The van der Waals surface area contributed by atoms with E-state index in [1.807, 2.05) is 0 Å². The zero-order chi connectivity index (χ0) is 13.1. The van der Waals surface area contributed by atoms with Crippen LogP contribution in [0.4, 0.5) is 0 Å². The van der Waals surface area contributed by atoms with Crippen LogP contribution in [0.25, 0.3) is 0 Å². The zero-order valence-corrected chi connectivity index (χ0v) is 10.3. The van der Waals surface area contributed by atoms with Crippen LogP contribution in [0.1, 0.15) is 25.2 Å². The van der Waals surface area contributed by atoms with E-state index in [-0.39, 0.29) is 0 Å². The molecule has 1 aromatic rings. The Labute approximate surface area is 98.7 Å². The fourth-order valence-corrected chi connectivity index (χ4v) is 2.49. The van der Waals surface area contributed by atoms with E-state index in [1.165, 1.54) is 6.33 Å². The maximum atomic E-state index is 11.5. The van der Waals surface area contributed by atoms with E-state index < -0.39 is 34.2 Å². The molecule has 0 spiro atoms. The van der Waals surface area contributed by atoms with E-state index in [4.69, 9.17) is 5.11 Å². The second kappa shape index (κ2) is 5.23. The lowest BCUT2D eigenvalue weighted by atomic mass is 10.3. The number of sulfonamides is 1. The Morgan fingerprint density at radius 1 is 1.65 bits per heavy atom. The lowest BCUT2D eigenvalue weighted by molar-refractivity contribution is -0.136. The third kappa shape index (κ3) is 4.11. The van der Waals surface area contributed by atoms with Gasteiger partial charge in [-0.2, -0.15) is 0 Å². The van der Waals surface area contributed by atoms with Crippen LogP contribution in [0.2, 0.25) is 0 Å². The molecular formula is C8H14N4O4S. The molecule has 9 heteroatoms. The monoisotopic (exact) mass is 262 g/mol. The van der Waals surface area contributed by atoms with Gasteiger partial charge in [-0.25, -0.2) is 13.1 Å². The molecule has 1 unspecified atom stereocenters.